The molecule has 1 fully saturated rings. The molecule has 1 amide bonds. The van der Waals surface area contributed by atoms with Crippen molar-refractivity contribution in [3.8, 4) is 0 Å². The molecule has 0 saturated carbocycles. The first kappa shape index (κ1) is 15.4. The molecule has 0 aliphatic carbocycles. The molecule has 2 rings (SSSR count). The molecule has 0 unspecified atom stereocenters. The Balaban J connectivity index is 1.77. The van der Waals surface area contributed by atoms with Crippen molar-refractivity contribution in [2.45, 2.75) is 32.2 Å². The van der Waals surface area contributed by atoms with Crippen LogP contribution in [0.3, 0.4) is 0 Å². The van der Waals surface area contributed by atoms with E-state index in [0.29, 0.717) is 23.5 Å². The van der Waals surface area contributed by atoms with Crippen molar-refractivity contribution in [3.05, 3.63) is 34.1 Å². The maximum absolute atomic E-state index is 13.1. The number of benzene rings is 1. The number of carbonyl (C=O) groups excluding carboxylic acids is 1. The van der Waals surface area contributed by atoms with Gasteiger partial charge in [-0.05, 0) is 66.4 Å². The van der Waals surface area contributed by atoms with Gasteiger partial charge in [-0.2, -0.15) is 0 Å². The van der Waals surface area contributed by atoms with Gasteiger partial charge in [0.25, 0.3) is 0 Å². The van der Waals surface area contributed by atoms with Crippen LogP contribution in [-0.2, 0) is 11.2 Å². The first-order valence-corrected chi connectivity index (χ1v) is 7.80. The monoisotopic (exact) mass is 342 g/mol. The van der Waals surface area contributed by atoms with Gasteiger partial charge >= 0.3 is 0 Å². The topological polar surface area (TPSA) is 41.1 Å². The molecule has 1 saturated heterocycles. The summed E-state index contributed by atoms with van der Waals surface area (Å²) in [4.78, 5) is 12.0. The van der Waals surface area contributed by atoms with Crippen LogP contribution in [0.25, 0.3) is 0 Å². The van der Waals surface area contributed by atoms with Crippen LogP contribution in [0.2, 0.25) is 0 Å². The molecule has 110 valence electrons. The summed E-state index contributed by atoms with van der Waals surface area (Å²) in [5, 5.41) is 6.32. The standard InChI is InChI=1S/C15H20BrFN2O/c1-10-8-12(5-7-18-10)15(20)19-6-4-11-2-3-14(17)13(16)9-11/h2-3,9-10,12,18H,4-8H2,1H3,(H,19,20)/t10-,12-/m0/s1. The molecule has 1 aliphatic rings. The molecule has 1 aromatic rings. The molecule has 20 heavy (non-hydrogen) atoms. The van der Waals surface area contributed by atoms with Crippen molar-refractivity contribution >= 4 is 21.8 Å². The molecular formula is C15H20BrFN2O. The van der Waals surface area contributed by atoms with Gasteiger partial charge in [0.1, 0.15) is 5.82 Å². The number of piperidine rings is 1. The first-order valence-electron chi connectivity index (χ1n) is 7.01. The van der Waals surface area contributed by atoms with Gasteiger partial charge in [0.05, 0.1) is 4.47 Å². The number of amides is 1. The molecule has 2 atom stereocenters. The molecule has 1 heterocycles. The first-order chi connectivity index (χ1) is 9.56. The van der Waals surface area contributed by atoms with Crippen molar-refractivity contribution in [2.75, 3.05) is 13.1 Å². The minimum Gasteiger partial charge on any atom is -0.356 e. The summed E-state index contributed by atoms with van der Waals surface area (Å²) in [6.07, 6.45) is 2.51. The number of rotatable bonds is 4. The minimum absolute atomic E-state index is 0.117. The highest BCUT2D eigenvalue weighted by atomic mass is 79.9. The normalized spacial score (nSPS) is 22.6. The number of nitrogens with one attached hydrogen (secondary N) is 2. The average Bonchev–Trinajstić information content (AvgIpc) is 2.42. The molecule has 1 aromatic carbocycles. The second kappa shape index (κ2) is 7.18. The average molecular weight is 343 g/mol. The van der Waals surface area contributed by atoms with Crippen LogP contribution in [0.4, 0.5) is 4.39 Å². The Labute approximate surface area is 127 Å². The van der Waals surface area contributed by atoms with Crippen LogP contribution in [0.1, 0.15) is 25.3 Å². The summed E-state index contributed by atoms with van der Waals surface area (Å²) in [5.41, 5.74) is 1.01. The smallest absolute Gasteiger partial charge is 0.223 e. The maximum Gasteiger partial charge on any atom is 0.223 e. The van der Waals surface area contributed by atoms with Gasteiger partial charge in [-0.25, -0.2) is 4.39 Å². The molecule has 2 N–H and O–H groups in total. The zero-order valence-electron chi connectivity index (χ0n) is 11.6. The SMILES string of the molecule is C[C@H]1C[C@@H](C(=O)NCCc2ccc(F)c(Br)c2)CCN1. The molecular weight excluding hydrogens is 323 g/mol. The Morgan fingerprint density at radius 2 is 2.35 bits per heavy atom. The van der Waals surface area contributed by atoms with E-state index in [1.165, 1.54) is 6.07 Å². The van der Waals surface area contributed by atoms with E-state index in [-0.39, 0.29) is 17.6 Å². The van der Waals surface area contributed by atoms with Gasteiger partial charge < -0.3 is 10.6 Å². The lowest BCUT2D eigenvalue weighted by atomic mass is 9.92. The lowest BCUT2D eigenvalue weighted by Gasteiger charge is -2.27. The van der Waals surface area contributed by atoms with Crippen LogP contribution >= 0.6 is 15.9 Å². The number of hydrogen-bond acceptors (Lipinski definition) is 2. The van der Waals surface area contributed by atoms with Crippen molar-refractivity contribution in [1.82, 2.24) is 10.6 Å². The Kier molecular flexibility index (Phi) is 5.54. The second-order valence-electron chi connectivity index (χ2n) is 5.37. The van der Waals surface area contributed by atoms with E-state index in [9.17, 15) is 9.18 Å². The zero-order valence-corrected chi connectivity index (χ0v) is 13.2. The van der Waals surface area contributed by atoms with Gasteiger partial charge in [0.15, 0.2) is 0 Å². The third-order valence-corrected chi connectivity index (χ3v) is 4.30. The maximum atomic E-state index is 13.1. The van der Waals surface area contributed by atoms with E-state index < -0.39 is 0 Å². The van der Waals surface area contributed by atoms with E-state index in [4.69, 9.17) is 0 Å². The van der Waals surface area contributed by atoms with Crippen molar-refractivity contribution in [2.24, 2.45) is 5.92 Å². The van der Waals surface area contributed by atoms with Crippen LogP contribution in [0.5, 0.6) is 0 Å². The Morgan fingerprint density at radius 3 is 3.05 bits per heavy atom. The molecule has 1 aliphatic heterocycles. The van der Waals surface area contributed by atoms with Gasteiger partial charge in [0.2, 0.25) is 5.91 Å². The van der Waals surface area contributed by atoms with Crippen LogP contribution in [0, 0.1) is 11.7 Å². The summed E-state index contributed by atoms with van der Waals surface area (Å²) in [6.45, 7) is 3.61. The molecule has 3 nitrogen and oxygen atoms in total. The quantitative estimate of drug-likeness (QED) is 0.883. The highest BCUT2D eigenvalue weighted by Gasteiger charge is 2.24. The Bertz CT molecular complexity index is 481. The number of halogens is 2. The fraction of sp³-hybridized carbons (Fsp3) is 0.533. The van der Waals surface area contributed by atoms with E-state index in [0.717, 1.165) is 24.9 Å². The lowest BCUT2D eigenvalue weighted by molar-refractivity contribution is -0.126. The molecule has 0 aromatic heterocycles. The summed E-state index contributed by atoms with van der Waals surface area (Å²) in [6, 6.07) is 5.36. The second-order valence-corrected chi connectivity index (χ2v) is 6.22. The summed E-state index contributed by atoms with van der Waals surface area (Å²) >= 11 is 3.17. The van der Waals surface area contributed by atoms with Crippen LogP contribution in [-0.4, -0.2) is 25.0 Å². The van der Waals surface area contributed by atoms with Gasteiger partial charge in [-0.15, -0.1) is 0 Å². The Morgan fingerprint density at radius 1 is 1.55 bits per heavy atom. The summed E-state index contributed by atoms with van der Waals surface area (Å²) in [5.74, 6) is -0.00721. The number of hydrogen-bond donors (Lipinski definition) is 2. The fourth-order valence-corrected chi connectivity index (χ4v) is 2.97. The fourth-order valence-electron chi connectivity index (χ4n) is 2.54. The van der Waals surface area contributed by atoms with Crippen LogP contribution < -0.4 is 10.6 Å². The number of carbonyl (C=O) groups is 1. The highest BCUT2D eigenvalue weighted by Crippen LogP contribution is 2.18. The molecule has 0 radical (unpaired) electrons. The summed E-state index contributed by atoms with van der Waals surface area (Å²) in [7, 11) is 0. The van der Waals surface area contributed by atoms with Gasteiger partial charge in [-0.1, -0.05) is 6.07 Å². The highest BCUT2D eigenvalue weighted by molar-refractivity contribution is 9.10. The summed E-state index contributed by atoms with van der Waals surface area (Å²) < 4.78 is 13.6. The lowest BCUT2D eigenvalue weighted by Crippen LogP contribution is -2.42. The largest absolute Gasteiger partial charge is 0.356 e. The van der Waals surface area contributed by atoms with Gasteiger partial charge in [-0.3, -0.25) is 4.79 Å². The van der Waals surface area contributed by atoms with Crippen molar-refractivity contribution in [1.29, 1.82) is 0 Å². The third-order valence-electron chi connectivity index (χ3n) is 3.69. The minimum atomic E-state index is -0.263. The van der Waals surface area contributed by atoms with Crippen molar-refractivity contribution < 1.29 is 9.18 Å². The van der Waals surface area contributed by atoms with E-state index >= 15 is 0 Å². The van der Waals surface area contributed by atoms with Crippen molar-refractivity contribution in [3.63, 3.8) is 0 Å². The Hall–Kier alpha value is -0.940. The third kappa shape index (κ3) is 4.28. The van der Waals surface area contributed by atoms with E-state index in [1.807, 2.05) is 0 Å². The van der Waals surface area contributed by atoms with E-state index in [2.05, 4.69) is 33.5 Å². The molecule has 5 heteroatoms. The predicted octanol–water partition coefficient (Wildman–Crippen LogP) is 2.64. The predicted molar refractivity (Wildman–Crippen MR) is 81.0 cm³/mol. The van der Waals surface area contributed by atoms with Gasteiger partial charge in [0, 0.05) is 18.5 Å². The zero-order chi connectivity index (χ0) is 14.5. The molecule has 0 bridgehead atoms. The van der Waals surface area contributed by atoms with E-state index in [1.54, 1.807) is 12.1 Å². The van der Waals surface area contributed by atoms with Crippen LogP contribution in [0.15, 0.2) is 22.7 Å². The molecule has 0 spiro atoms.